The van der Waals surface area contributed by atoms with E-state index in [1.165, 1.54) is 14.2 Å². The number of rotatable bonds is 6. The normalized spacial score (nSPS) is 10.4. The molecule has 0 saturated heterocycles. The first-order valence-corrected chi connectivity index (χ1v) is 8.03. The number of ether oxygens (including phenoxy) is 3. The predicted octanol–water partition coefficient (Wildman–Crippen LogP) is 4.02. The Morgan fingerprint density at radius 3 is 2.54 bits per heavy atom. The van der Waals surface area contributed by atoms with E-state index in [2.05, 4.69) is 4.98 Å². The van der Waals surface area contributed by atoms with E-state index < -0.39 is 5.97 Å². The molecule has 0 saturated carbocycles. The molecule has 6 heteroatoms. The minimum Gasteiger partial charge on any atom is -0.497 e. The number of aromatic nitrogens is 1. The van der Waals surface area contributed by atoms with Crippen molar-refractivity contribution in [2.75, 3.05) is 14.2 Å². The molecule has 26 heavy (non-hydrogen) atoms. The summed E-state index contributed by atoms with van der Waals surface area (Å²) in [6.07, 6.45) is 0. The Morgan fingerprint density at radius 1 is 1.08 bits per heavy atom. The topological polar surface area (TPSA) is 70.8 Å². The fourth-order valence-corrected chi connectivity index (χ4v) is 2.45. The zero-order valence-electron chi connectivity index (χ0n) is 14.8. The fourth-order valence-electron chi connectivity index (χ4n) is 2.45. The number of nitrogens with zero attached hydrogens (tertiary/aromatic N) is 1. The maximum atomic E-state index is 12.4. The third-order valence-corrected chi connectivity index (χ3v) is 3.88. The van der Waals surface area contributed by atoms with Crippen molar-refractivity contribution in [2.24, 2.45) is 0 Å². The monoisotopic (exact) mass is 353 g/mol. The zero-order valence-corrected chi connectivity index (χ0v) is 14.8. The molecule has 0 aliphatic rings. The van der Waals surface area contributed by atoms with Gasteiger partial charge in [0.2, 0.25) is 5.89 Å². The van der Waals surface area contributed by atoms with Crippen molar-refractivity contribution in [2.45, 2.75) is 13.5 Å². The molecule has 0 bridgehead atoms. The van der Waals surface area contributed by atoms with Gasteiger partial charge in [-0.2, -0.15) is 0 Å². The van der Waals surface area contributed by atoms with Crippen molar-refractivity contribution >= 4 is 5.97 Å². The summed E-state index contributed by atoms with van der Waals surface area (Å²) in [7, 11) is 3.02. The minimum absolute atomic E-state index is 0.00135. The maximum Gasteiger partial charge on any atom is 0.342 e. The lowest BCUT2D eigenvalue weighted by Gasteiger charge is -2.09. The maximum absolute atomic E-state index is 12.4. The molecule has 0 atom stereocenters. The number of oxazole rings is 1. The van der Waals surface area contributed by atoms with Crippen LogP contribution in [0.15, 0.2) is 52.9 Å². The largest absolute Gasteiger partial charge is 0.497 e. The molecule has 0 radical (unpaired) electrons. The number of carbonyl (C=O) groups is 1. The number of esters is 1. The van der Waals surface area contributed by atoms with Crippen LogP contribution in [0.2, 0.25) is 0 Å². The van der Waals surface area contributed by atoms with Gasteiger partial charge >= 0.3 is 5.97 Å². The van der Waals surface area contributed by atoms with Crippen LogP contribution in [0.25, 0.3) is 11.5 Å². The molecule has 0 N–H and O–H groups in total. The van der Waals surface area contributed by atoms with E-state index in [1.807, 2.05) is 30.3 Å². The molecule has 0 fully saturated rings. The van der Waals surface area contributed by atoms with Gasteiger partial charge in [0.15, 0.2) is 0 Å². The lowest BCUT2D eigenvalue weighted by molar-refractivity contribution is 0.0463. The smallest absolute Gasteiger partial charge is 0.342 e. The molecule has 1 aromatic heterocycles. The second kappa shape index (κ2) is 7.74. The summed E-state index contributed by atoms with van der Waals surface area (Å²) in [5.41, 5.74) is 1.72. The highest BCUT2D eigenvalue weighted by molar-refractivity contribution is 5.93. The van der Waals surface area contributed by atoms with Crippen molar-refractivity contribution in [1.29, 1.82) is 0 Å². The van der Waals surface area contributed by atoms with Crippen LogP contribution in [0.5, 0.6) is 11.5 Å². The van der Waals surface area contributed by atoms with Crippen molar-refractivity contribution in [3.05, 3.63) is 65.5 Å². The number of hydrogen-bond donors (Lipinski definition) is 0. The van der Waals surface area contributed by atoms with Gasteiger partial charge in [-0.15, -0.1) is 0 Å². The summed E-state index contributed by atoms with van der Waals surface area (Å²) in [6, 6.07) is 14.5. The van der Waals surface area contributed by atoms with Gasteiger partial charge in [0.25, 0.3) is 0 Å². The quantitative estimate of drug-likeness (QED) is 0.623. The average Bonchev–Trinajstić information content (AvgIpc) is 3.07. The lowest BCUT2D eigenvalue weighted by Crippen LogP contribution is -2.08. The molecule has 6 nitrogen and oxygen atoms in total. The van der Waals surface area contributed by atoms with Crippen molar-refractivity contribution in [3.63, 3.8) is 0 Å². The van der Waals surface area contributed by atoms with Crippen LogP contribution < -0.4 is 9.47 Å². The number of benzene rings is 2. The molecule has 2 aromatic carbocycles. The van der Waals surface area contributed by atoms with Crippen LogP contribution >= 0.6 is 0 Å². The third-order valence-electron chi connectivity index (χ3n) is 3.88. The van der Waals surface area contributed by atoms with Crippen LogP contribution in [-0.2, 0) is 11.3 Å². The molecule has 0 spiro atoms. The van der Waals surface area contributed by atoms with E-state index in [-0.39, 0.29) is 12.2 Å². The Morgan fingerprint density at radius 2 is 1.85 bits per heavy atom. The second-order valence-corrected chi connectivity index (χ2v) is 5.53. The van der Waals surface area contributed by atoms with E-state index in [1.54, 1.807) is 25.1 Å². The van der Waals surface area contributed by atoms with Crippen LogP contribution in [0.4, 0.5) is 0 Å². The van der Waals surface area contributed by atoms with Crippen LogP contribution in [-0.4, -0.2) is 25.2 Å². The second-order valence-electron chi connectivity index (χ2n) is 5.53. The summed E-state index contributed by atoms with van der Waals surface area (Å²) in [4.78, 5) is 16.9. The van der Waals surface area contributed by atoms with Crippen LogP contribution in [0.1, 0.15) is 21.8 Å². The molecule has 1 heterocycles. The fraction of sp³-hybridized carbons (Fsp3) is 0.200. The highest BCUT2D eigenvalue weighted by Gasteiger charge is 2.18. The van der Waals surface area contributed by atoms with Gasteiger partial charge in [0.1, 0.15) is 35.1 Å². The van der Waals surface area contributed by atoms with Gasteiger partial charge in [0.05, 0.1) is 14.2 Å². The molecule has 3 rings (SSSR count). The summed E-state index contributed by atoms with van der Waals surface area (Å²) in [6.45, 7) is 1.79. The Kier molecular flexibility index (Phi) is 5.22. The Labute approximate surface area is 151 Å². The summed E-state index contributed by atoms with van der Waals surface area (Å²) in [5.74, 6) is 1.53. The number of carbonyl (C=O) groups excluding carboxylic acids is 1. The van der Waals surface area contributed by atoms with E-state index in [0.29, 0.717) is 28.8 Å². The number of methoxy groups -OCH3 is 2. The van der Waals surface area contributed by atoms with Gasteiger partial charge in [-0.1, -0.05) is 18.2 Å². The first-order chi connectivity index (χ1) is 12.6. The van der Waals surface area contributed by atoms with E-state index in [4.69, 9.17) is 18.6 Å². The predicted molar refractivity (Wildman–Crippen MR) is 95.3 cm³/mol. The van der Waals surface area contributed by atoms with Gasteiger partial charge in [0, 0.05) is 5.56 Å². The highest BCUT2D eigenvalue weighted by atomic mass is 16.5. The molecule has 3 aromatic rings. The van der Waals surface area contributed by atoms with Gasteiger partial charge in [-0.3, -0.25) is 0 Å². The van der Waals surface area contributed by atoms with Crippen molar-refractivity contribution < 1.29 is 23.4 Å². The molecular formula is C20H19NO5. The van der Waals surface area contributed by atoms with Gasteiger partial charge in [-0.05, 0) is 37.3 Å². The highest BCUT2D eigenvalue weighted by Crippen LogP contribution is 2.26. The Balaban J connectivity index is 1.75. The zero-order chi connectivity index (χ0) is 18.5. The van der Waals surface area contributed by atoms with Crippen LogP contribution in [0, 0.1) is 6.92 Å². The van der Waals surface area contributed by atoms with E-state index in [9.17, 15) is 4.79 Å². The molecule has 134 valence electrons. The SMILES string of the molecule is COc1ccc(OC)c(C(=O)OCc2nc(-c3ccccc3)oc2C)c1. The number of aryl methyl sites for hydroxylation is 1. The standard InChI is InChI=1S/C20H19NO5/c1-13-17(21-19(26-13)14-7-5-4-6-8-14)12-25-20(22)16-11-15(23-2)9-10-18(16)24-3/h4-11H,12H2,1-3H3. The van der Waals surface area contributed by atoms with Crippen molar-refractivity contribution in [3.8, 4) is 23.0 Å². The Hall–Kier alpha value is -3.28. The summed E-state index contributed by atoms with van der Waals surface area (Å²) < 4.78 is 21.4. The molecule has 0 aliphatic heterocycles. The third kappa shape index (κ3) is 3.69. The average molecular weight is 353 g/mol. The lowest BCUT2D eigenvalue weighted by atomic mass is 10.2. The van der Waals surface area contributed by atoms with Gasteiger partial charge in [-0.25, -0.2) is 9.78 Å². The van der Waals surface area contributed by atoms with Crippen molar-refractivity contribution in [1.82, 2.24) is 4.98 Å². The van der Waals surface area contributed by atoms with E-state index >= 15 is 0 Å². The molecule has 0 aliphatic carbocycles. The first-order valence-electron chi connectivity index (χ1n) is 8.03. The first kappa shape index (κ1) is 17.5. The molecule has 0 unspecified atom stereocenters. The van der Waals surface area contributed by atoms with E-state index in [0.717, 1.165) is 5.56 Å². The van der Waals surface area contributed by atoms with Gasteiger partial charge < -0.3 is 18.6 Å². The molecular weight excluding hydrogens is 334 g/mol. The Bertz CT molecular complexity index is 902. The van der Waals surface area contributed by atoms with Crippen LogP contribution in [0.3, 0.4) is 0 Å². The molecule has 0 amide bonds. The number of hydrogen-bond acceptors (Lipinski definition) is 6. The summed E-state index contributed by atoms with van der Waals surface area (Å²) >= 11 is 0. The minimum atomic E-state index is -0.524. The summed E-state index contributed by atoms with van der Waals surface area (Å²) in [5, 5.41) is 0.